The maximum absolute atomic E-state index is 13.4. The predicted molar refractivity (Wildman–Crippen MR) is 133 cm³/mol. The van der Waals surface area contributed by atoms with Gasteiger partial charge in [0.15, 0.2) is 0 Å². The third kappa shape index (κ3) is 5.05. The number of fused-ring (bicyclic) bond motifs is 2. The van der Waals surface area contributed by atoms with Crippen molar-refractivity contribution in [2.75, 3.05) is 26.2 Å². The summed E-state index contributed by atoms with van der Waals surface area (Å²) in [6, 6.07) is 6.01. The summed E-state index contributed by atoms with van der Waals surface area (Å²) in [6.45, 7) is 8.96. The van der Waals surface area contributed by atoms with Crippen LogP contribution in [0, 0.1) is 11.8 Å². The first-order chi connectivity index (χ1) is 16.7. The zero-order chi connectivity index (χ0) is 24.7. The molecule has 1 aromatic carbocycles. The average molecular weight is 482 g/mol. The fourth-order valence-corrected chi connectivity index (χ4v) is 6.34. The summed E-state index contributed by atoms with van der Waals surface area (Å²) in [5.41, 5.74) is 2.52. The third-order valence-electron chi connectivity index (χ3n) is 8.19. The number of carbonyl (C=O) groups is 3. The highest BCUT2D eigenvalue weighted by atomic mass is 16.6. The van der Waals surface area contributed by atoms with Crippen molar-refractivity contribution in [2.45, 2.75) is 83.9 Å². The van der Waals surface area contributed by atoms with E-state index in [4.69, 9.17) is 4.74 Å². The van der Waals surface area contributed by atoms with E-state index in [9.17, 15) is 14.4 Å². The second kappa shape index (κ2) is 9.47. The van der Waals surface area contributed by atoms with Crippen LogP contribution in [-0.4, -0.2) is 70.4 Å². The van der Waals surface area contributed by atoms with Crippen molar-refractivity contribution in [3.8, 4) is 0 Å². The minimum atomic E-state index is -0.525. The van der Waals surface area contributed by atoms with E-state index in [0.29, 0.717) is 43.6 Å². The van der Waals surface area contributed by atoms with Crippen molar-refractivity contribution in [3.05, 3.63) is 34.9 Å². The number of nitrogens with zero attached hydrogens (tertiary/aromatic N) is 3. The highest BCUT2D eigenvalue weighted by Crippen LogP contribution is 2.34. The molecule has 2 atom stereocenters. The molecule has 3 amide bonds. The Labute approximate surface area is 208 Å². The molecule has 7 heteroatoms. The zero-order valence-electron chi connectivity index (χ0n) is 21.4. The van der Waals surface area contributed by atoms with Crippen molar-refractivity contribution in [3.63, 3.8) is 0 Å². The van der Waals surface area contributed by atoms with Gasteiger partial charge in [0.25, 0.3) is 5.91 Å². The molecular weight excluding hydrogens is 442 g/mol. The molecule has 3 aliphatic heterocycles. The van der Waals surface area contributed by atoms with E-state index in [-0.39, 0.29) is 24.0 Å². The monoisotopic (exact) mass is 481 g/mol. The van der Waals surface area contributed by atoms with Gasteiger partial charge < -0.3 is 19.4 Å². The number of likely N-dealkylation sites (tertiary alicyclic amines) is 2. The number of hydrogen-bond donors (Lipinski definition) is 0. The fraction of sp³-hybridized carbons (Fsp3) is 0.679. The van der Waals surface area contributed by atoms with Crippen LogP contribution in [0.3, 0.4) is 0 Å². The highest BCUT2D eigenvalue weighted by Gasteiger charge is 2.46. The van der Waals surface area contributed by atoms with Crippen LogP contribution in [0.2, 0.25) is 0 Å². The quantitative estimate of drug-likeness (QED) is 0.634. The second-order valence-corrected chi connectivity index (χ2v) is 11.8. The molecular formula is C28H39N3O4. The lowest BCUT2D eigenvalue weighted by Gasteiger charge is -2.33. The van der Waals surface area contributed by atoms with E-state index in [1.165, 1.54) is 24.8 Å². The number of ether oxygens (including phenoxy) is 1. The van der Waals surface area contributed by atoms with Gasteiger partial charge in [-0.25, -0.2) is 4.79 Å². The van der Waals surface area contributed by atoms with E-state index in [1.807, 2.05) is 53.7 Å². The normalized spacial score (nSPS) is 24.8. The minimum Gasteiger partial charge on any atom is -0.444 e. The number of amides is 3. The molecule has 4 aliphatic rings. The van der Waals surface area contributed by atoms with E-state index in [2.05, 4.69) is 0 Å². The summed E-state index contributed by atoms with van der Waals surface area (Å²) in [6.07, 6.45) is 7.06. The van der Waals surface area contributed by atoms with Gasteiger partial charge >= 0.3 is 6.09 Å². The van der Waals surface area contributed by atoms with Crippen molar-refractivity contribution in [1.82, 2.24) is 14.7 Å². The number of benzene rings is 1. The summed E-state index contributed by atoms with van der Waals surface area (Å²) in [5, 5.41) is 0. The summed E-state index contributed by atoms with van der Waals surface area (Å²) < 4.78 is 5.59. The average Bonchev–Trinajstić information content (AvgIpc) is 3.43. The fourth-order valence-electron chi connectivity index (χ4n) is 6.34. The maximum atomic E-state index is 13.4. The molecule has 35 heavy (non-hydrogen) atoms. The molecule has 3 heterocycles. The predicted octanol–water partition coefficient (Wildman–Crippen LogP) is 4.23. The van der Waals surface area contributed by atoms with E-state index >= 15 is 0 Å². The molecule has 7 nitrogen and oxygen atoms in total. The molecule has 1 aromatic rings. The van der Waals surface area contributed by atoms with Crippen LogP contribution >= 0.6 is 0 Å². The molecule has 5 rings (SSSR count). The number of hydrogen-bond acceptors (Lipinski definition) is 4. The summed E-state index contributed by atoms with van der Waals surface area (Å²) >= 11 is 0. The van der Waals surface area contributed by atoms with Crippen molar-refractivity contribution >= 4 is 17.9 Å². The summed E-state index contributed by atoms with van der Waals surface area (Å²) in [4.78, 5) is 44.8. The molecule has 0 aromatic heterocycles. The van der Waals surface area contributed by atoms with Crippen LogP contribution in [0.15, 0.2) is 18.2 Å². The molecule has 190 valence electrons. The van der Waals surface area contributed by atoms with Gasteiger partial charge in [-0.15, -0.1) is 0 Å². The topological polar surface area (TPSA) is 70.2 Å². The summed E-state index contributed by atoms with van der Waals surface area (Å²) in [7, 11) is 0. The SMILES string of the molecule is CC(C)(C)OC(=O)N1CCC2CN(C(=O)c3ccc4c(c3)CCN(C(=O)C3CCCCC3)C4)CC21. The Morgan fingerprint density at radius 2 is 1.69 bits per heavy atom. The number of carbonyl (C=O) groups excluding carboxylic acids is 3. The second-order valence-electron chi connectivity index (χ2n) is 11.8. The third-order valence-corrected chi connectivity index (χ3v) is 8.19. The first-order valence-electron chi connectivity index (χ1n) is 13.4. The van der Waals surface area contributed by atoms with Crippen LogP contribution in [0.5, 0.6) is 0 Å². The van der Waals surface area contributed by atoms with E-state index in [0.717, 1.165) is 37.8 Å². The van der Waals surface area contributed by atoms with Crippen LogP contribution in [0.1, 0.15) is 80.8 Å². The Balaban J connectivity index is 1.22. The smallest absolute Gasteiger partial charge is 0.410 e. The van der Waals surface area contributed by atoms with Crippen molar-refractivity contribution in [2.24, 2.45) is 11.8 Å². The van der Waals surface area contributed by atoms with Gasteiger partial charge in [0.2, 0.25) is 5.91 Å². The molecule has 0 spiro atoms. The Morgan fingerprint density at radius 1 is 0.914 bits per heavy atom. The van der Waals surface area contributed by atoms with E-state index in [1.54, 1.807) is 0 Å². The van der Waals surface area contributed by atoms with Crippen LogP contribution in [-0.2, 0) is 22.5 Å². The molecule has 2 saturated heterocycles. The van der Waals surface area contributed by atoms with Crippen LogP contribution in [0.25, 0.3) is 0 Å². The Bertz CT molecular complexity index is 994. The first kappa shape index (κ1) is 24.1. The lowest BCUT2D eigenvalue weighted by Crippen LogP contribution is -2.43. The van der Waals surface area contributed by atoms with E-state index < -0.39 is 5.60 Å². The lowest BCUT2D eigenvalue weighted by atomic mass is 9.87. The summed E-state index contributed by atoms with van der Waals surface area (Å²) in [5.74, 6) is 0.852. The standard InChI is InChI=1S/C28H39N3O4/c1-28(2,3)35-27(34)31-14-12-23-17-30(18-24(23)31)26(33)21-9-10-22-16-29(13-11-20(22)15-21)25(32)19-7-5-4-6-8-19/h9-10,15,19,23-24H,4-8,11-14,16-18H2,1-3H3. The minimum absolute atomic E-state index is 0.0331. The molecule has 2 unspecified atom stereocenters. The molecule has 0 radical (unpaired) electrons. The van der Waals surface area contributed by atoms with Gasteiger partial charge in [0.1, 0.15) is 5.60 Å². The largest absolute Gasteiger partial charge is 0.444 e. The van der Waals surface area contributed by atoms with Crippen molar-refractivity contribution in [1.29, 1.82) is 0 Å². The molecule has 3 fully saturated rings. The van der Waals surface area contributed by atoms with Crippen LogP contribution < -0.4 is 0 Å². The molecule has 1 saturated carbocycles. The van der Waals surface area contributed by atoms with Gasteiger partial charge in [0, 0.05) is 50.1 Å². The molecule has 0 bridgehead atoms. The van der Waals surface area contributed by atoms with Gasteiger partial charge in [0.05, 0.1) is 6.04 Å². The Morgan fingerprint density at radius 3 is 2.43 bits per heavy atom. The number of rotatable bonds is 2. The van der Waals surface area contributed by atoms with Gasteiger partial charge in [-0.3, -0.25) is 9.59 Å². The zero-order valence-corrected chi connectivity index (χ0v) is 21.4. The van der Waals surface area contributed by atoms with Gasteiger partial charge in [-0.1, -0.05) is 25.3 Å². The molecule has 1 aliphatic carbocycles. The Kier molecular flexibility index (Phi) is 6.53. The van der Waals surface area contributed by atoms with Crippen molar-refractivity contribution < 1.29 is 19.1 Å². The Hall–Kier alpha value is -2.57. The highest BCUT2D eigenvalue weighted by molar-refractivity contribution is 5.95. The van der Waals surface area contributed by atoms with Gasteiger partial charge in [-0.05, 0) is 69.7 Å². The first-order valence-corrected chi connectivity index (χ1v) is 13.4. The maximum Gasteiger partial charge on any atom is 0.410 e. The lowest BCUT2D eigenvalue weighted by molar-refractivity contribution is -0.137. The van der Waals surface area contributed by atoms with Crippen LogP contribution in [0.4, 0.5) is 4.79 Å². The molecule has 0 N–H and O–H groups in total. The van der Waals surface area contributed by atoms with Gasteiger partial charge in [-0.2, -0.15) is 0 Å².